The number of hydrogen-bond acceptors (Lipinski definition) is 2. The molecule has 1 amide bonds. The van der Waals surface area contributed by atoms with E-state index in [1.807, 2.05) is 18.7 Å². The number of aliphatic hydroxyl groups is 1. The van der Waals surface area contributed by atoms with E-state index < -0.39 is 6.10 Å². The van der Waals surface area contributed by atoms with Crippen LogP contribution in [0.1, 0.15) is 46.5 Å². The van der Waals surface area contributed by atoms with Gasteiger partial charge in [-0.1, -0.05) is 12.8 Å². The zero-order valence-corrected chi connectivity index (χ0v) is 10.1. The van der Waals surface area contributed by atoms with Gasteiger partial charge in [-0.25, -0.2) is 0 Å². The molecule has 88 valence electrons. The first-order valence-corrected chi connectivity index (χ1v) is 6.01. The summed E-state index contributed by atoms with van der Waals surface area (Å²) < 4.78 is 0. The number of carbonyl (C=O) groups is 1. The van der Waals surface area contributed by atoms with Gasteiger partial charge >= 0.3 is 0 Å². The number of aliphatic hydroxyl groups excluding tert-OH is 1. The van der Waals surface area contributed by atoms with Gasteiger partial charge in [0.05, 0.1) is 6.10 Å². The van der Waals surface area contributed by atoms with Crippen LogP contribution in [0.25, 0.3) is 0 Å². The Morgan fingerprint density at radius 2 is 1.87 bits per heavy atom. The van der Waals surface area contributed by atoms with E-state index in [1.54, 1.807) is 6.92 Å². The summed E-state index contributed by atoms with van der Waals surface area (Å²) in [6.45, 7) is 6.22. The molecule has 0 unspecified atom stereocenters. The lowest BCUT2D eigenvalue weighted by Gasteiger charge is -2.30. The number of nitrogens with zero attached hydrogens (tertiary/aromatic N) is 1. The third kappa shape index (κ3) is 3.49. The quantitative estimate of drug-likeness (QED) is 0.773. The van der Waals surface area contributed by atoms with Gasteiger partial charge < -0.3 is 10.0 Å². The van der Waals surface area contributed by atoms with Gasteiger partial charge in [-0.05, 0) is 33.6 Å². The Hall–Kier alpha value is -0.570. The van der Waals surface area contributed by atoms with Gasteiger partial charge in [0.2, 0.25) is 5.91 Å². The molecule has 3 nitrogen and oxygen atoms in total. The monoisotopic (exact) mass is 213 g/mol. The standard InChI is InChI=1S/C12H23NO2/c1-9(2)13(8-10(3)14)12(15)11-6-4-5-7-11/h9-11,14H,4-8H2,1-3H3/t10-/m0/s1. The first-order chi connectivity index (χ1) is 7.02. The summed E-state index contributed by atoms with van der Waals surface area (Å²) in [4.78, 5) is 14.0. The van der Waals surface area contributed by atoms with Crippen molar-refractivity contribution >= 4 is 5.91 Å². The first-order valence-electron chi connectivity index (χ1n) is 6.01. The smallest absolute Gasteiger partial charge is 0.225 e. The molecule has 0 heterocycles. The predicted octanol–water partition coefficient (Wildman–Crippen LogP) is 1.79. The molecule has 1 rings (SSSR count). The summed E-state index contributed by atoms with van der Waals surface area (Å²) in [7, 11) is 0. The van der Waals surface area contributed by atoms with Gasteiger partial charge in [-0.2, -0.15) is 0 Å². The Labute approximate surface area is 92.5 Å². The minimum absolute atomic E-state index is 0.188. The normalized spacial score (nSPS) is 19.5. The summed E-state index contributed by atoms with van der Waals surface area (Å²) in [6, 6.07) is 0.188. The van der Waals surface area contributed by atoms with Crippen molar-refractivity contribution in [1.82, 2.24) is 4.90 Å². The molecule has 0 spiro atoms. The van der Waals surface area contributed by atoms with Crippen LogP contribution in [-0.4, -0.2) is 34.6 Å². The van der Waals surface area contributed by atoms with E-state index in [9.17, 15) is 9.90 Å². The van der Waals surface area contributed by atoms with Crippen molar-refractivity contribution in [2.24, 2.45) is 5.92 Å². The number of hydrogen-bond donors (Lipinski definition) is 1. The van der Waals surface area contributed by atoms with Crippen molar-refractivity contribution in [3.05, 3.63) is 0 Å². The van der Waals surface area contributed by atoms with E-state index in [4.69, 9.17) is 0 Å². The number of amides is 1. The van der Waals surface area contributed by atoms with Crippen molar-refractivity contribution < 1.29 is 9.90 Å². The molecule has 0 bridgehead atoms. The second-order valence-corrected chi connectivity index (χ2v) is 4.91. The summed E-state index contributed by atoms with van der Waals surface area (Å²) in [5.41, 5.74) is 0. The molecule has 1 fully saturated rings. The highest BCUT2D eigenvalue weighted by Gasteiger charge is 2.28. The Balaban J connectivity index is 2.57. The molecule has 1 N–H and O–H groups in total. The van der Waals surface area contributed by atoms with Crippen molar-refractivity contribution in [3.8, 4) is 0 Å². The van der Waals surface area contributed by atoms with Gasteiger partial charge in [-0.3, -0.25) is 4.79 Å². The lowest BCUT2D eigenvalue weighted by Crippen LogP contribution is -2.44. The molecule has 1 aliphatic rings. The first kappa shape index (κ1) is 12.5. The number of rotatable bonds is 4. The van der Waals surface area contributed by atoms with Crippen molar-refractivity contribution in [3.63, 3.8) is 0 Å². The van der Waals surface area contributed by atoms with E-state index in [2.05, 4.69) is 0 Å². The Morgan fingerprint density at radius 1 is 1.33 bits per heavy atom. The predicted molar refractivity (Wildman–Crippen MR) is 60.5 cm³/mol. The third-order valence-corrected chi connectivity index (χ3v) is 3.07. The molecule has 15 heavy (non-hydrogen) atoms. The van der Waals surface area contributed by atoms with E-state index >= 15 is 0 Å². The maximum atomic E-state index is 12.1. The molecule has 1 saturated carbocycles. The lowest BCUT2D eigenvalue weighted by molar-refractivity contribution is -0.138. The maximum Gasteiger partial charge on any atom is 0.225 e. The second kappa shape index (κ2) is 5.50. The largest absolute Gasteiger partial charge is 0.392 e. The molecular formula is C12H23NO2. The molecular weight excluding hydrogens is 190 g/mol. The highest BCUT2D eigenvalue weighted by Crippen LogP contribution is 2.27. The Morgan fingerprint density at radius 3 is 2.27 bits per heavy atom. The van der Waals surface area contributed by atoms with Crippen LogP contribution in [0.3, 0.4) is 0 Å². The minimum Gasteiger partial charge on any atom is -0.392 e. The third-order valence-electron chi connectivity index (χ3n) is 3.07. The maximum absolute atomic E-state index is 12.1. The fraction of sp³-hybridized carbons (Fsp3) is 0.917. The number of carbonyl (C=O) groups excluding carboxylic acids is 1. The Bertz CT molecular complexity index is 208. The zero-order chi connectivity index (χ0) is 11.4. The zero-order valence-electron chi connectivity index (χ0n) is 10.1. The van der Waals surface area contributed by atoms with Crippen LogP contribution in [0.15, 0.2) is 0 Å². The van der Waals surface area contributed by atoms with Gasteiger partial charge in [0, 0.05) is 18.5 Å². The Kier molecular flexibility index (Phi) is 4.58. The van der Waals surface area contributed by atoms with Crippen LogP contribution in [0.2, 0.25) is 0 Å². The highest BCUT2D eigenvalue weighted by atomic mass is 16.3. The SMILES string of the molecule is CC(C)N(C[C@H](C)O)C(=O)C1CCCC1. The van der Waals surface area contributed by atoms with E-state index in [-0.39, 0.29) is 17.9 Å². The fourth-order valence-corrected chi connectivity index (χ4v) is 2.25. The fourth-order valence-electron chi connectivity index (χ4n) is 2.25. The van der Waals surface area contributed by atoms with Crippen LogP contribution < -0.4 is 0 Å². The molecule has 1 atom stereocenters. The van der Waals surface area contributed by atoms with Crippen LogP contribution in [0, 0.1) is 5.92 Å². The van der Waals surface area contributed by atoms with Crippen LogP contribution in [-0.2, 0) is 4.79 Å². The molecule has 0 aromatic rings. The van der Waals surface area contributed by atoms with Crippen molar-refractivity contribution in [2.75, 3.05) is 6.54 Å². The average molecular weight is 213 g/mol. The van der Waals surface area contributed by atoms with Crippen LogP contribution >= 0.6 is 0 Å². The summed E-state index contributed by atoms with van der Waals surface area (Å²) >= 11 is 0. The molecule has 1 aliphatic carbocycles. The van der Waals surface area contributed by atoms with E-state index in [0.29, 0.717) is 6.54 Å². The highest BCUT2D eigenvalue weighted by molar-refractivity contribution is 5.79. The molecule has 3 heteroatoms. The van der Waals surface area contributed by atoms with Gasteiger partial charge in [-0.15, -0.1) is 0 Å². The molecule has 0 aromatic carbocycles. The molecule has 0 aromatic heterocycles. The summed E-state index contributed by atoms with van der Waals surface area (Å²) in [6.07, 6.45) is 3.98. The van der Waals surface area contributed by atoms with Gasteiger partial charge in [0.15, 0.2) is 0 Å². The summed E-state index contributed by atoms with van der Waals surface area (Å²) in [5.74, 6) is 0.453. The topological polar surface area (TPSA) is 40.5 Å². The van der Waals surface area contributed by atoms with Gasteiger partial charge in [0.25, 0.3) is 0 Å². The van der Waals surface area contributed by atoms with Crippen LogP contribution in [0.5, 0.6) is 0 Å². The van der Waals surface area contributed by atoms with Crippen LogP contribution in [0.4, 0.5) is 0 Å². The van der Waals surface area contributed by atoms with E-state index in [0.717, 1.165) is 12.8 Å². The second-order valence-electron chi connectivity index (χ2n) is 4.91. The van der Waals surface area contributed by atoms with Crippen molar-refractivity contribution in [1.29, 1.82) is 0 Å². The lowest BCUT2D eigenvalue weighted by atomic mass is 10.1. The molecule has 0 aliphatic heterocycles. The van der Waals surface area contributed by atoms with Gasteiger partial charge in [0.1, 0.15) is 0 Å². The molecule has 0 radical (unpaired) electrons. The summed E-state index contributed by atoms with van der Waals surface area (Å²) in [5, 5.41) is 9.37. The minimum atomic E-state index is -0.433. The van der Waals surface area contributed by atoms with E-state index in [1.165, 1.54) is 12.8 Å². The van der Waals surface area contributed by atoms with Crippen molar-refractivity contribution in [2.45, 2.75) is 58.6 Å². The molecule has 0 saturated heterocycles. The average Bonchev–Trinajstić information content (AvgIpc) is 2.65.